The molecule has 8 nitrogen and oxygen atoms in total. The molecule has 0 aromatic heterocycles. The third kappa shape index (κ3) is 5.43. The van der Waals surface area contributed by atoms with Crippen LogP contribution in [0.1, 0.15) is 11.1 Å². The average Bonchev–Trinajstić information content (AvgIpc) is 2.99. The molecule has 3 amide bonds. The van der Waals surface area contributed by atoms with Crippen LogP contribution in [0.4, 0.5) is 10.5 Å². The van der Waals surface area contributed by atoms with Crippen LogP contribution < -0.4 is 5.32 Å². The van der Waals surface area contributed by atoms with E-state index < -0.39 is 22.0 Å². The van der Waals surface area contributed by atoms with Gasteiger partial charge in [0, 0.05) is 24.7 Å². The zero-order valence-electron chi connectivity index (χ0n) is 15.8. The van der Waals surface area contributed by atoms with E-state index in [0.717, 1.165) is 16.7 Å². The van der Waals surface area contributed by atoms with Gasteiger partial charge in [-0.15, -0.1) is 0 Å². The molecule has 0 unspecified atom stereocenters. The van der Waals surface area contributed by atoms with Crippen molar-refractivity contribution in [2.24, 2.45) is 0 Å². The van der Waals surface area contributed by atoms with Gasteiger partial charge in [0.1, 0.15) is 0 Å². The Bertz CT molecular complexity index is 1110. The molecular formula is C20H15Cl2N3O5S. The smallest absolute Gasteiger partial charge is 0.293 e. The predicted octanol–water partition coefficient (Wildman–Crippen LogP) is 4.30. The number of hydrogen-bond donors (Lipinski definition) is 1. The number of para-hydroxylation sites is 1. The molecule has 0 aliphatic carbocycles. The van der Waals surface area contributed by atoms with Crippen LogP contribution in [0.25, 0.3) is 6.08 Å². The predicted molar refractivity (Wildman–Crippen MR) is 119 cm³/mol. The van der Waals surface area contributed by atoms with Crippen molar-refractivity contribution in [2.75, 3.05) is 13.1 Å². The highest BCUT2D eigenvalue weighted by Gasteiger charge is 2.34. The largest absolute Gasteiger partial charge is 0.354 e. The molecule has 1 aliphatic heterocycles. The monoisotopic (exact) mass is 479 g/mol. The summed E-state index contributed by atoms with van der Waals surface area (Å²) in [5.74, 6) is -0.957. The topological polar surface area (TPSA) is 110 Å². The van der Waals surface area contributed by atoms with Crippen molar-refractivity contribution in [2.45, 2.75) is 6.42 Å². The SMILES string of the molecule is O=C(Cc1ccccc1[N+](=O)[O-])NCCN1C(=O)S/C(=C\c2cccc(Cl)c2Cl)C1=O. The molecule has 1 fully saturated rings. The van der Waals surface area contributed by atoms with Gasteiger partial charge in [0.05, 0.1) is 26.3 Å². The number of nitrogens with one attached hydrogen (secondary N) is 1. The van der Waals surface area contributed by atoms with Crippen LogP contribution in [0.3, 0.4) is 0 Å². The highest BCUT2D eigenvalue weighted by molar-refractivity contribution is 8.18. The summed E-state index contributed by atoms with van der Waals surface area (Å²) >= 11 is 12.9. The van der Waals surface area contributed by atoms with E-state index in [0.29, 0.717) is 10.6 Å². The van der Waals surface area contributed by atoms with E-state index in [1.165, 1.54) is 24.3 Å². The summed E-state index contributed by atoms with van der Waals surface area (Å²) in [4.78, 5) is 48.6. The number of thioether (sulfide) groups is 1. The van der Waals surface area contributed by atoms with E-state index >= 15 is 0 Å². The number of nitro groups is 1. The van der Waals surface area contributed by atoms with Gasteiger partial charge in [0.2, 0.25) is 5.91 Å². The first kappa shape index (κ1) is 22.8. The van der Waals surface area contributed by atoms with Gasteiger partial charge in [0.25, 0.3) is 16.8 Å². The van der Waals surface area contributed by atoms with Crippen LogP contribution in [0.15, 0.2) is 47.4 Å². The molecule has 0 saturated carbocycles. The summed E-state index contributed by atoms with van der Waals surface area (Å²) in [5.41, 5.74) is 0.642. The Balaban J connectivity index is 1.59. The molecule has 31 heavy (non-hydrogen) atoms. The second-order valence-electron chi connectivity index (χ2n) is 6.39. The number of carbonyl (C=O) groups excluding carboxylic acids is 3. The minimum Gasteiger partial charge on any atom is -0.354 e. The first-order chi connectivity index (χ1) is 14.8. The quantitative estimate of drug-likeness (QED) is 0.360. The lowest BCUT2D eigenvalue weighted by Crippen LogP contribution is -2.37. The molecule has 1 saturated heterocycles. The van der Waals surface area contributed by atoms with Gasteiger partial charge in [0.15, 0.2) is 0 Å². The first-order valence-electron chi connectivity index (χ1n) is 8.96. The van der Waals surface area contributed by atoms with Gasteiger partial charge in [-0.25, -0.2) is 0 Å². The molecule has 0 spiro atoms. The van der Waals surface area contributed by atoms with E-state index in [2.05, 4.69) is 5.32 Å². The third-order valence-corrected chi connectivity index (χ3v) is 6.08. The maximum absolute atomic E-state index is 12.6. The minimum atomic E-state index is -0.554. The maximum atomic E-state index is 12.6. The molecule has 160 valence electrons. The molecule has 2 aromatic carbocycles. The Kier molecular flexibility index (Phi) is 7.32. The Labute approximate surface area is 191 Å². The molecule has 0 bridgehead atoms. The lowest BCUT2D eigenvalue weighted by atomic mass is 10.1. The number of amides is 3. The Morgan fingerprint density at radius 2 is 1.90 bits per heavy atom. The van der Waals surface area contributed by atoms with Crippen molar-refractivity contribution in [3.8, 4) is 0 Å². The van der Waals surface area contributed by atoms with Gasteiger partial charge in [-0.2, -0.15) is 0 Å². The fourth-order valence-corrected chi connectivity index (χ4v) is 4.07. The van der Waals surface area contributed by atoms with E-state index in [9.17, 15) is 24.5 Å². The normalized spacial score (nSPS) is 14.9. The number of halogens is 2. The highest BCUT2D eigenvalue weighted by Crippen LogP contribution is 2.34. The van der Waals surface area contributed by atoms with Gasteiger partial charge in [-0.1, -0.05) is 53.5 Å². The lowest BCUT2D eigenvalue weighted by Gasteiger charge is -2.13. The molecule has 0 atom stereocenters. The van der Waals surface area contributed by atoms with E-state index in [-0.39, 0.29) is 40.7 Å². The van der Waals surface area contributed by atoms with Crippen LogP contribution in [-0.2, 0) is 16.0 Å². The van der Waals surface area contributed by atoms with Gasteiger partial charge in [-0.3, -0.25) is 29.4 Å². The molecule has 1 heterocycles. The number of carbonyl (C=O) groups is 3. The van der Waals surface area contributed by atoms with Crippen LogP contribution in [0.5, 0.6) is 0 Å². The standard InChI is InChI=1S/C20H15Cl2N3O5S/c21-14-6-3-5-13(18(14)22)10-16-19(27)24(20(28)31-16)9-8-23-17(26)11-12-4-1-2-7-15(12)25(29)30/h1-7,10H,8-9,11H2,(H,23,26)/b16-10-. The summed E-state index contributed by atoms with van der Waals surface area (Å²) in [6, 6.07) is 10.9. The van der Waals surface area contributed by atoms with Gasteiger partial charge in [-0.05, 0) is 29.5 Å². The minimum absolute atomic E-state index is 0.0166. The van der Waals surface area contributed by atoms with E-state index in [1.54, 1.807) is 24.3 Å². The van der Waals surface area contributed by atoms with Crippen molar-refractivity contribution >= 4 is 63.8 Å². The number of rotatable bonds is 7. The van der Waals surface area contributed by atoms with E-state index in [4.69, 9.17) is 23.2 Å². The molecule has 11 heteroatoms. The summed E-state index contributed by atoms with van der Waals surface area (Å²) in [6.45, 7) is -0.0172. The lowest BCUT2D eigenvalue weighted by molar-refractivity contribution is -0.385. The van der Waals surface area contributed by atoms with Crippen molar-refractivity contribution < 1.29 is 19.3 Å². The highest BCUT2D eigenvalue weighted by atomic mass is 35.5. The summed E-state index contributed by atoms with van der Waals surface area (Å²) in [6.07, 6.45) is 1.30. The second-order valence-corrected chi connectivity index (χ2v) is 8.17. The molecule has 3 rings (SSSR count). The zero-order valence-corrected chi connectivity index (χ0v) is 18.2. The Morgan fingerprint density at radius 1 is 1.16 bits per heavy atom. The number of nitro benzene ring substituents is 1. The average molecular weight is 480 g/mol. The van der Waals surface area contributed by atoms with Crippen LogP contribution in [0.2, 0.25) is 10.0 Å². The van der Waals surface area contributed by atoms with E-state index in [1.807, 2.05) is 0 Å². The fourth-order valence-electron chi connectivity index (χ4n) is 2.85. The summed E-state index contributed by atoms with van der Waals surface area (Å²) < 4.78 is 0. The Hall–Kier alpha value is -2.88. The van der Waals surface area contributed by atoms with Crippen molar-refractivity contribution in [1.29, 1.82) is 0 Å². The van der Waals surface area contributed by atoms with Gasteiger partial charge >= 0.3 is 0 Å². The third-order valence-electron chi connectivity index (χ3n) is 4.34. The van der Waals surface area contributed by atoms with Crippen LogP contribution >= 0.6 is 35.0 Å². The number of nitrogens with zero attached hydrogens (tertiary/aromatic N) is 2. The maximum Gasteiger partial charge on any atom is 0.293 e. The van der Waals surface area contributed by atoms with Crippen molar-refractivity contribution in [3.05, 3.63) is 78.7 Å². The molecule has 0 radical (unpaired) electrons. The summed E-state index contributed by atoms with van der Waals surface area (Å²) in [7, 11) is 0. The van der Waals surface area contributed by atoms with Crippen LogP contribution in [-0.4, -0.2) is 40.0 Å². The van der Waals surface area contributed by atoms with Crippen molar-refractivity contribution in [3.63, 3.8) is 0 Å². The second kappa shape index (κ2) is 9.95. The number of hydrogen-bond acceptors (Lipinski definition) is 6. The molecule has 1 N–H and O–H groups in total. The summed E-state index contributed by atoms with van der Waals surface area (Å²) in [5, 5.41) is 13.7. The Morgan fingerprint density at radius 3 is 2.65 bits per heavy atom. The number of imide groups is 1. The number of benzene rings is 2. The van der Waals surface area contributed by atoms with Crippen molar-refractivity contribution in [1.82, 2.24) is 10.2 Å². The first-order valence-corrected chi connectivity index (χ1v) is 10.5. The fraction of sp³-hybridized carbons (Fsp3) is 0.150. The molecular weight excluding hydrogens is 465 g/mol. The molecule has 1 aliphatic rings. The zero-order chi connectivity index (χ0) is 22.5. The van der Waals surface area contributed by atoms with Crippen LogP contribution in [0, 0.1) is 10.1 Å². The molecule has 2 aromatic rings. The van der Waals surface area contributed by atoms with Gasteiger partial charge < -0.3 is 5.32 Å².